The van der Waals surface area contributed by atoms with Crippen molar-refractivity contribution >= 4 is 23.3 Å². The van der Waals surface area contributed by atoms with Gasteiger partial charge in [0.15, 0.2) is 6.10 Å². The molecule has 8 heteroatoms. The third kappa shape index (κ3) is 5.63. The SMILES string of the molecule is Cc1ccc(C(=O)NCC(=O)OC(C(=O)c2ccccc2)c2ccc([N+](=O)[O-])cc2)cc1. The van der Waals surface area contributed by atoms with Gasteiger partial charge in [0, 0.05) is 28.8 Å². The van der Waals surface area contributed by atoms with Gasteiger partial charge in [-0.1, -0.05) is 48.0 Å². The van der Waals surface area contributed by atoms with Gasteiger partial charge in [0.2, 0.25) is 5.78 Å². The van der Waals surface area contributed by atoms with Crippen molar-refractivity contribution in [1.82, 2.24) is 5.32 Å². The third-order valence-electron chi connectivity index (χ3n) is 4.66. The first kappa shape index (κ1) is 22.4. The van der Waals surface area contributed by atoms with Gasteiger partial charge in [-0.2, -0.15) is 0 Å². The fourth-order valence-electron chi connectivity index (χ4n) is 2.93. The second-order valence-corrected chi connectivity index (χ2v) is 7.00. The van der Waals surface area contributed by atoms with Crippen LogP contribution in [0.2, 0.25) is 0 Å². The van der Waals surface area contributed by atoms with Crippen LogP contribution in [0.1, 0.15) is 37.9 Å². The first-order chi connectivity index (χ1) is 15.3. The number of carbonyl (C=O) groups is 3. The van der Waals surface area contributed by atoms with Gasteiger partial charge in [0.25, 0.3) is 11.6 Å². The summed E-state index contributed by atoms with van der Waals surface area (Å²) in [7, 11) is 0. The molecule has 1 N–H and O–H groups in total. The Morgan fingerprint density at radius 1 is 0.906 bits per heavy atom. The van der Waals surface area contributed by atoms with Crippen LogP contribution < -0.4 is 5.32 Å². The lowest BCUT2D eigenvalue weighted by Crippen LogP contribution is -2.32. The van der Waals surface area contributed by atoms with E-state index < -0.39 is 35.2 Å². The largest absolute Gasteiger partial charge is 0.448 e. The monoisotopic (exact) mass is 432 g/mol. The molecule has 0 aliphatic heterocycles. The van der Waals surface area contributed by atoms with E-state index in [0.29, 0.717) is 11.1 Å². The van der Waals surface area contributed by atoms with E-state index in [1.807, 2.05) is 6.92 Å². The quantitative estimate of drug-likeness (QED) is 0.251. The lowest BCUT2D eigenvalue weighted by Gasteiger charge is -2.17. The minimum Gasteiger partial charge on any atom is -0.448 e. The summed E-state index contributed by atoms with van der Waals surface area (Å²) >= 11 is 0. The summed E-state index contributed by atoms with van der Waals surface area (Å²) in [4.78, 5) is 48.0. The molecule has 8 nitrogen and oxygen atoms in total. The summed E-state index contributed by atoms with van der Waals surface area (Å²) in [6, 6.07) is 20.2. The Hall–Kier alpha value is -4.33. The maximum absolute atomic E-state index is 13.0. The van der Waals surface area contributed by atoms with Gasteiger partial charge in [-0.25, -0.2) is 0 Å². The molecule has 32 heavy (non-hydrogen) atoms. The number of amides is 1. The summed E-state index contributed by atoms with van der Waals surface area (Å²) < 4.78 is 5.39. The van der Waals surface area contributed by atoms with E-state index in [1.54, 1.807) is 54.6 Å². The van der Waals surface area contributed by atoms with Crippen molar-refractivity contribution in [2.24, 2.45) is 0 Å². The van der Waals surface area contributed by atoms with Gasteiger partial charge in [0.1, 0.15) is 6.54 Å². The predicted molar refractivity (Wildman–Crippen MR) is 116 cm³/mol. The van der Waals surface area contributed by atoms with E-state index in [0.717, 1.165) is 5.56 Å². The van der Waals surface area contributed by atoms with Crippen LogP contribution in [0.3, 0.4) is 0 Å². The highest BCUT2D eigenvalue weighted by Gasteiger charge is 2.27. The van der Waals surface area contributed by atoms with Gasteiger partial charge in [0.05, 0.1) is 4.92 Å². The molecule has 0 spiro atoms. The van der Waals surface area contributed by atoms with Gasteiger partial charge in [-0.3, -0.25) is 24.5 Å². The number of ether oxygens (including phenoxy) is 1. The van der Waals surface area contributed by atoms with Crippen LogP contribution in [0, 0.1) is 17.0 Å². The van der Waals surface area contributed by atoms with E-state index in [9.17, 15) is 24.5 Å². The maximum Gasteiger partial charge on any atom is 0.326 e. The number of nitro groups is 1. The predicted octanol–water partition coefficient (Wildman–Crippen LogP) is 3.80. The third-order valence-corrected chi connectivity index (χ3v) is 4.66. The molecule has 1 unspecified atom stereocenters. The summed E-state index contributed by atoms with van der Waals surface area (Å²) in [5.41, 5.74) is 1.81. The molecule has 0 fully saturated rings. The molecule has 3 aromatic rings. The molecule has 1 atom stereocenters. The molecule has 162 valence electrons. The van der Waals surface area contributed by atoms with E-state index in [2.05, 4.69) is 5.32 Å². The number of non-ortho nitro benzene ring substituents is 1. The van der Waals surface area contributed by atoms with Crippen LogP contribution in [-0.2, 0) is 9.53 Å². The molecule has 0 aliphatic rings. The van der Waals surface area contributed by atoms with E-state index in [-0.39, 0.29) is 11.3 Å². The molecule has 0 heterocycles. The van der Waals surface area contributed by atoms with E-state index >= 15 is 0 Å². The second-order valence-electron chi connectivity index (χ2n) is 7.00. The highest BCUT2D eigenvalue weighted by atomic mass is 16.6. The number of nitrogens with zero attached hydrogens (tertiary/aromatic N) is 1. The zero-order chi connectivity index (χ0) is 23.1. The van der Waals surface area contributed by atoms with Crippen molar-refractivity contribution in [2.75, 3.05) is 6.54 Å². The lowest BCUT2D eigenvalue weighted by molar-refractivity contribution is -0.384. The normalized spacial score (nSPS) is 11.3. The van der Waals surface area contributed by atoms with Crippen LogP contribution in [0.15, 0.2) is 78.9 Å². The van der Waals surface area contributed by atoms with Crippen LogP contribution in [0.5, 0.6) is 0 Å². The Balaban J connectivity index is 1.74. The number of carbonyl (C=O) groups excluding carboxylic acids is 3. The zero-order valence-corrected chi connectivity index (χ0v) is 17.2. The van der Waals surface area contributed by atoms with Crippen molar-refractivity contribution < 1.29 is 24.0 Å². The molecular formula is C24H20N2O6. The topological polar surface area (TPSA) is 116 Å². The molecule has 0 aromatic heterocycles. The van der Waals surface area contributed by atoms with Crippen molar-refractivity contribution in [3.05, 3.63) is 111 Å². The lowest BCUT2D eigenvalue weighted by atomic mass is 9.99. The van der Waals surface area contributed by atoms with Crippen molar-refractivity contribution in [3.63, 3.8) is 0 Å². The van der Waals surface area contributed by atoms with Crippen molar-refractivity contribution in [3.8, 4) is 0 Å². The molecule has 0 saturated carbocycles. The Kier molecular flexibility index (Phi) is 7.07. The van der Waals surface area contributed by atoms with Gasteiger partial charge in [-0.15, -0.1) is 0 Å². The minimum atomic E-state index is -1.32. The van der Waals surface area contributed by atoms with Gasteiger partial charge >= 0.3 is 5.97 Å². The van der Waals surface area contributed by atoms with Crippen molar-refractivity contribution in [1.29, 1.82) is 0 Å². The smallest absolute Gasteiger partial charge is 0.326 e. The molecule has 0 radical (unpaired) electrons. The van der Waals surface area contributed by atoms with E-state index in [1.165, 1.54) is 24.3 Å². The first-order valence-electron chi connectivity index (χ1n) is 9.73. The maximum atomic E-state index is 13.0. The molecule has 3 aromatic carbocycles. The number of Topliss-reactive ketones (excluding diaryl/α,β-unsaturated/α-hetero) is 1. The number of nitro benzene ring substituents is 1. The summed E-state index contributed by atoms with van der Waals surface area (Å²) in [5, 5.41) is 13.4. The molecular weight excluding hydrogens is 412 g/mol. The number of nitrogens with one attached hydrogen (secondary N) is 1. The Bertz CT molecular complexity index is 1130. The molecule has 1 amide bonds. The van der Waals surface area contributed by atoms with Crippen LogP contribution in [-0.4, -0.2) is 29.1 Å². The van der Waals surface area contributed by atoms with Crippen LogP contribution >= 0.6 is 0 Å². The molecule has 0 bridgehead atoms. The number of hydrogen-bond acceptors (Lipinski definition) is 6. The fraction of sp³-hybridized carbons (Fsp3) is 0.125. The Morgan fingerprint density at radius 2 is 1.53 bits per heavy atom. The Morgan fingerprint density at radius 3 is 2.12 bits per heavy atom. The first-order valence-corrected chi connectivity index (χ1v) is 9.73. The number of benzene rings is 3. The van der Waals surface area contributed by atoms with Gasteiger partial charge in [-0.05, 0) is 31.2 Å². The van der Waals surface area contributed by atoms with E-state index in [4.69, 9.17) is 4.74 Å². The highest BCUT2D eigenvalue weighted by molar-refractivity contribution is 6.01. The molecule has 3 rings (SSSR count). The molecule has 0 aliphatic carbocycles. The molecule has 0 saturated heterocycles. The van der Waals surface area contributed by atoms with Crippen molar-refractivity contribution in [2.45, 2.75) is 13.0 Å². The standard InChI is InChI=1S/C24H20N2O6/c1-16-7-9-19(10-8-16)24(29)25-15-21(27)32-23(22(28)17-5-3-2-4-6-17)18-11-13-20(14-12-18)26(30)31/h2-14,23H,15H2,1H3,(H,25,29). The number of rotatable bonds is 8. The Labute approximate surface area is 184 Å². The van der Waals surface area contributed by atoms with Crippen LogP contribution in [0.25, 0.3) is 0 Å². The van der Waals surface area contributed by atoms with Crippen LogP contribution in [0.4, 0.5) is 5.69 Å². The average Bonchev–Trinajstić information content (AvgIpc) is 2.81. The zero-order valence-electron chi connectivity index (χ0n) is 17.2. The highest BCUT2D eigenvalue weighted by Crippen LogP contribution is 2.25. The number of ketones is 1. The number of aryl methyl sites for hydroxylation is 1. The second kappa shape index (κ2) is 10.1. The summed E-state index contributed by atoms with van der Waals surface area (Å²) in [6.07, 6.45) is -1.32. The summed E-state index contributed by atoms with van der Waals surface area (Å²) in [6.45, 7) is 1.44. The number of hydrogen-bond donors (Lipinski definition) is 1. The number of esters is 1. The fourth-order valence-corrected chi connectivity index (χ4v) is 2.93. The average molecular weight is 432 g/mol. The minimum absolute atomic E-state index is 0.156. The van der Waals surface area contributed by atoms with Gasteiger partial charge < -0.3 is 10.1 Å². The summed E-state index contributed by atoms with van der Waals surface area (Å²) in [5.74, 6) is -1.76.